The summed E-state index contributed by atoms with van der Waals surface area (Å²) in [5.41, 5.74) is 1.18. The minimum atomic E-state index is -0.368. The van der Waals surface area contributed by atoms with Crippen LogP contribution in [0.5, 0.6) is 5.75 Å². The molecule has 1 aliphatic rings. The maximum absolute atomic E-state index is 13.0. The quantitative estimate of drug-likeness (QED) is 0.687. The fourth-order valence-corrected chi connectivity index (χ4v) is 3.91. The highest BCUT2D eigenvalue weighted by Crippen LogP contribution is 2.31. The monoisotopic (exact) mass is 493 g/mol. The van der Waals surface area contributed by atoms with E-state index < -0.39 is 0 Å². The Balaban J connectivity index is 1.67. The van der Waals surface area contributed by atoms with Crippen molar-refractivity contribution in [3.63, 3.8) is 0 Å². The summed E-state index contributed by atoms with van der Waals surface area (Å²) in [6.45, 7) is 1.40. The highest BCUT2D eigenvalue weighted by molar-refractivity contribution is 9.10. The van der Waals surface area contributed by atoms with E-state index in [0.29, 0.717) is 22.1 Å². The zero-order chi connectivity index (χ0) is 21.8. The van der Waals surface area contributed by atoms with Crippen LogP contribution in [0.1, 0.15) is 13.3 Å². The summed E-state index contributed by atoms with van der Waals surface area (Å²) in [5, 5.41) is 3.19. The van der Waals surface area contributed by atoms with Gasteiger partial charge in [0.1, 0.15) is 5.75 Å². The number of benzene rings is 2. The van der Waals surface area contributed by atoms with Gasteiger partial charge in [-0.1, -0.05) is 39.7 Å². The molecule has 0 saturated carbocycles. The Labute approximate surface area is 188 Å². The third-order valence-corrected chi connectivity index (χ3v) is 5.46. The molecule has 1 unspecified atom stereocenters. The molecule has 0 fully saturated rings. The van der Waals surface area contributed by atoms with Gasteiger partial charge in [0.25, 0.3) is 5.91 Å². The maximum atomic E-state index is 13.0. The number of para-hydroxylation sites is 2. The van der Waals surface area contributed by atoms with Crippen LogP contribution in [0.4, 0.5) is 11.4 Å². The zero-order valence-electron chi connectivity index (χ0n) is 16.5. The molecule has 3 amide bonds. The Hall–Kier alpha value is -2.58. The molecule has 2 aromatic rings. The molecule has 1 aliphatic heterocycles. The minimum Gasteiger partial charge on any atom is -0.482 e. The molecular weight excluding hydrogens is 474 g/mol. The lowest BCUT2D eigenvalue weighted by atomic mass is 10.1. The van der Waals surface area contributed by atoms with Gasteiger partial charge in [0.2, 0.25) is 11.8 Å². The molecule has 1 N–H and O–H groups in total. The molecule has 0 aromatic heterocycles. The summed E-state index contributed by atoms with van der Waals surface area (Å²) in [4.78, 5) is 40.4. The number of nitrogens with one attached hydrogen (secondary N) is 1. The summed E-state index contributed by atoms with van der Waals surface area (Å²) < 4.78 is 6.29. The van der Waals surface area contributed by atoms with Crippen LogP contribution in [0.2, 0.25) is 5.02 Å². The maximum Gasteiger partial charge on any atom is 0.260 e. The summed E-state index contributed by atoms with van der Waals surface area (Å²) in [7, 11) is 1.53. The first kappa shape index (κ1) is 22.1. The zero-order valence-corrected chi connectivity index (χ0v) is 18.9. The highest BCUT2D eigenvalue weighted by atomic mass is 79.9. The second kappa shape index (κ2) is 9.49. The number of anilines is 2. The van der Waals surface area contributed by atoms with E-state index in [2.05, 4.69) is 21.2 Å². The predicted molar refractivity (Wildman–Crippen MR) is 119 cm³/mol. The molecule has 2 aromatic carbocycles. The second-order valence-corrected chi connectivity index (χ2v) is 8.32. The van der Waals surface area contributed by atoms with E-state index >= 15 is 0 Å². The third kappa shape index (κ3) is 5.12. The standard InChI is InChI=1S/C21H21BrClN3O4/c1-13-9-19(27)24-16-5-3-4-6-17(16)26(13)20(28)11-25(2)21(29)12-30-18-8-7-14(22)10-15(18)23/h3-8,10,13H,9,11-12H2,1-2H3,(H,24,27). The van der Waals surface area contributed by atoms with Crippen LogP contribution in [0.3, 0.4) is 0 Å². The first-order valence-electron chi connectivity index (χ1n) is 9.29. The largest absolute Gasteiger partial charge is 0.482 e. The lowest BCUT2D eigenvalue weighted by molar-refractivity contribution is -0.135. The van der Waals surface area contributed by atoms with E-state index in [1.54, 1.807) is 54.3 Å². The molecule has 0 spiro atoms. The van der Waals surface area contributed by atoms with E-state index in [4.69, 9.17) is 16.3 Å². The van der Waals surface area contributed by atoms with Gasteiger partial charge in [-0.25, -0.2) is 0 Å². The average molecular weight is 495 g/mol. The molecule has 9 heteroatoms. The number of likely N-dealkylation sites (N-methyl/N-ethyl adjacent to an activating group) is 1. The van der Waals surface area contributed by atoms with Crippen molar-refractivity contribution in [3.05, 3.63) is 52.0 Å². The minimum absolute atomic E-state index is 0.150. The number of rotatable bonds is 5. The molecule has 30 heavy (non-hydrogen) atoms. The normalized spacial score (nSPS) is 15.7. The van der Waals surface area contributed by atoms with E-state index in [9.17, 15) is 14.4 Å². The van der Waals surface area contributed by atoms with Crippen molar-refractivity contribution in [3.8, 4) is 5.75 Å². The van der Waals surface area contributed by atoms with Crippen LogP contribution in [0.15, 0.2) is 46.9 Å². The van der Waals surface area contributed by atoms with Crippen molar-refractivity contribution in [2.24, 2.45) is 0 Å². The molecule has 1 atom stereocenters. The Morgan fingerprint density at radius 1 is 1.30 bits per heavy atom. The van der Waals surface area contributed by atoms with E-state index in [-0.39, 0.29) is 43.3 Å². The predicted octanol–water partition coefficient (Wildman–Crippen LogP) is 3.70. The second-order valence-electron chi connectivity index (χ2n) is 7.00. The van der Waals surface area contributed by atoms with Crippen LogP contribution in [-0.4, -0.2) is 48.9 Å². The molecule has 0 aliphatic carbocycles. The molecule has 7 nitrogen and oxygen atoms in total. The first-order chi connectivity index (χ1) is 14.3. The third-order valence-electron chi connectivity index (χ3n) is 4.67. The van der Waals surface area contributed by atoms with Crippen LogP contribution in [0, 0.1) is 0 Å². The smallest absolute Gasteiger partial charge is 0.260 e. The topological polar surface area (TPSA) is 79.0 Å². The molecule has 3 rings (SSSR count). The molecule has 158 valence electrons. The molecule has 1 heterocycles. The lowest BCUT2D eigenvalue weighted by Gasteiger charge is -2.29. The molecule has 0 radical (unpaired) electrons. The molecule has 0 saturated heterocycles. The number of amides is 3. The Morgan fingerprint density at radius 3 is 2.77 bits per heavy atom. The van der Waals surface area contributed by atoms with Gasteiger partial charge in [-0.2, -0.15) is 0 Å². The number of carbonyl (C=O) groups is 3. The molecular formula is C21H21BrClN3O4. The fraction of sp³-hybridized carbons (Fsp3) is 0.286. The number of fused-ring (bicyclic) bond motifs is 1. The van der Waals surface area contributed by atoms with Crippen LogP contribution < -0.4 is 15.0 Å². The summed E-state index contributed by atoms with van der Waals surface area (Å²) in [6.07, 6.45) is 0.170. The number of carbonyl (C=O) groups excluding carboxylic acids is 3. The molecule has 0 bridgehead atoms. The van der Waals surface area contributed by atoms with Gasteiger partial charge in [-0.3, -0.25) is 14.4 Å². The van der Waals surface area contributed by atoms with Gasteiger partial charge < -0.3 is 19.9 Å². The van der Waals surface area contributed by atoms with Gasteiger partial charge in [0.05, 0.1) is 22.9 Å². The summed E-state index contributed by atoms with van der Waals surface area (Å²) in [5.74, 6) is -0.432. The van der Waals surface area contributed by atoms with Crippen molar-refractivity contribution in [2.45, 2.75) is 19.4 Å². The van der Waals surface area contributed by atoms with E-state index in [1.165, 1.54) is 11.9 Å². The number of hydrogen-bond acceptors (Lipinski definition) is 4. The lowest BCUT2D eigenvalue weighted by Crippen LogP contribution is -2.46. The van der Waals surface area contributed by atoms with Crippen molar-refractivity contribution < 1.29 is 19.1 Å². The van der Waals surface area contributed by atoms with Crippen molar-refractivity contribution in [1.29, 1.82) is 0 Å². The van der Waals surface area contributed by atoms with Crippen molar-refractivity contribution in [1.82, 2.24) is 4.90 Å². The number of nitrogens with zero attached hydrogens (tertiary/aromatic N) is 2. The Bertz CT molecular complexity index is 984. The first-order valence-corrected chi connectivity index (χ1v) is 10.5. The number of ether oxygens (including phenoxy) is 1. The fourth-order valence-electron chi connectivity index (χ4n) is 3.18. The van der Waals surface area contributed by atoms with Gasteiger partial charge in [-0.15, -0.1) is 0 Å². The van der Waals surface area contributed by atoms with Gasteiger partial charge in [-0.05, 0) is 37.3 Å². The van der Waals surface area contributed by atoms with Crippen molar-refractivity contribution >= 4 is 56.6 Å². The van der Waals surface area contributed by atoms with Gasteiger partial charge >= 0.3 is 0 Å². The van der Waals surface area contributed by atoms with Crippen molar-refractivity contribution in [2.75, 3.05) is 30.4 Å². The highest BCUT2D eigenvalue weighted by Gasteiger charge is 2.30. The van der Waals surface area contributed by atoms with Crippen LogP contribution >= 0.6 is 27.5 Å². The van der Waals surface area contributed by atoms with E-state index in [0.717, 1.165) is 4.47 Å². The SMILES string of the molecule is CC1CC(=O)Nc2ccccc2N1C(=O)CN(C)C(=O)COc1ccc(Br)cc1Cl. The summed E-state index contributed by atoms with van der Waals surface area (Å²) >= 11 is 9.40. The Kier molecular flexibility index (Phi) is 6.99. The number of hydrogen-bond donors (Lipinski definition) is 1. The average Bonchev–Trinajstić information content (AvgIpc) is 2.81. The Morgan fingerprint density at radius 2 is 2.03 bits per heavy atom. The summed E-state index contributed by atoms with van der Waals surface area (Å²) in [6, 6.07) is 11.8. The van der Waals surface area contributed by atoms with Gasteiger partial charge in [0.15, 0.2) is 6.61 Å². The van der Waals surface area contributed by atoms with Crippen LogP contribution in [0.25, 0.3) is 0 Å². The van der Waals surface area contributed by atoms with Gasteiger partial charge in [0, 0.05) is 24.0 Å². The van der Waals surface area contributed by atoms with E-state index in [1.807, 2.05) is 0 Å². The van der Waals surface area contributed by atoms with Crippen LogP contribution in [-0.2, 0) is 14.4 Å². The number of halogens is 2.